The van der Waals surface area contributed by atoms with Gasteiger partial charge >= 0.3 is 6.18 Å². The molecule has 0 unspecified atom stereocenters. The van der Waals surface area contributed by atoms with Crippen LogP contribution in [0.1, 0.15) is 27.2 Å². The van der Waals surface area contributed by atoms with Gasteiger partial charge in [0.2, 0.25) is 0 Å². The summed E-state index contributed by atoms with van der Waals surface area (Å²) in [6.07, 6.45) is -3.70. The highest BCUT2D eigenvalue weighted by Gasteiger charge is 2.40. The van der Waals surface area contributed by atoms with E-state index in [1.807, 2.05) is 11.8 Å². The van der Waals surface area contributed by atoms with Crippen LogP contribution in [0.5, 0.6) is 0 Å². The fraction of sp³-hybridized carbons (Fsp3) is 0.933. The molecule has 26 heavy (non-hydrogen) atoms. The average Bonchev–Trinajstić information content (AvgIpc) is 2.43. The minimum atomic E-state index is -4.20. The Labute approximate surface area is 171 Å². The maximum atomic E-state index is 12.3. The van der Waals surface area contributed by atoms with Crippen LogP contribution in [0.4, 0.5) is 13.2 Å². The molecule has 0 aliphatic carbocycles. The molecule has 1 rings (SSSR count). The molecule has 1 heterocycles. The highest BCUT2D eigenvalue weighted by atomic mass is 127. The SMILES string of the molecule is CCNC(=NCCCN(C)CC(F)(F)F)N1CCS(=O)(=O)C(C)(C)C1.I. The largest absolute Gasteiger partial charge is 0.401 e. The van der Waals surface area contributed by atoms with E-state index in [9.17, 15) is 21.6 Å². The van der Waals surface area contributed by atoms with Crippen molar-refractivity contribution in [3.05, 3.63) is 0 Å². The van der Waals surface area contributed by atoms with Crippen LogP contribution in [0.3, 0.4) is 0 Å². The van der Waals surface area contributed by atoms with Crippen molar-refractivity contribution in [3.63, 3.8) is 0 Å². The Bertz CT molecular complexity index is 568. The predicted octanol–water partition coefficient (Wildman–Crippen LogP) is 1.96. The summed E-state index contributed by atoms with van der Waals surface area (Å²) in [5.41, 5.74) is 0. The lowest BCUT2D eigenvalue weighted by Gasteiger charge is -2.39. The van der Waals surface area contributed by atoms with Crippen molar-refractivity contribution >= 4 is 39.8 Å². The molecule has 0 aromatic rings. The fourth-order valence-electron chi connectivity index (χ4n) is 2.66. The Morgan fingerprint density at radius 2 is 1.96 bits per heavy atom. The molecule has 1 saturated heterocycles. The quantitative estimate of drug-likeness (QED) is 0.254. The summed E-state index contributed by atoms with van der Waals surface area (Å²) in [7, 11) is -1.70. The van der Waals surface area contributed by atoms with Gasteiger partial charge in [0.15, 0.2) is 15.8 Å². The van der Waals surface area contributed by atoms with Crippen molar-refractivity contribution in [2.45, 2.75) is 38.1 Å². The van der Waals surface area contributed by atoms with E-state index in [1.54, 1.807) is 13.8 Å². The van der Waals surface area contributed by atoms with Gasteiger partial charge in [-0.2, -0.15) is 13.2 Å². The summed E-state index contributed by atoms with van der Waals surface area (Å²) in [6, 6.07) is 0. The summed E-state index contributed by atoms with van der Waals surface area (Å²) in [6.45, 7) is 6.40. The monoisotopic (exact) mass is 514 g/mol. The third kappa shape index (κ3) is 8.15. The number of hydrogen-bond donors (Lipinski definition) is 1. The molecule has 156 valence electrons. The summed E-state index contributed by atoms with van der Waals surface area (Å²) in [4.78, 5) is 7.58. The van der Waals surface area contributed by atoms with Crippen LogP contribution >= 0.6 is 24.0 Å². The van der Waals surface area contributed by atoms with Crippen molar-refractivity contribution in [3.8, 4) is 0 Å². The number of hydrogen-bond acceptors (Lipinski definition) is 4. The van der Waals surface area contributed by atoms with Crippen LogP contribution in [-0.4, -0.2) is 87.2 Å². The van der Waals surface area contributed by atoms with Gasteiger partial charge in [0, 0.05) is 26.2 Å². The first-order valence-corrected chi connectivity index (χ1v) is 10.0. The lowest BCUT2D eigenvalue weighted by molar-refractivity contribution is -0.143. The summed E-state index contributed by atoms with van der Waals surface area (Å²) in [5.74, 6) is 0.683. The van der Waals surface area contributed by atoms with Gasteiger partial charge < -0.3 is 10.2 Å². The summed E-state index contributed by atoms with van der Waals surface area (Å²) >= 11 is 0. The first-order valence-electron chi connectivity index (χ1n) is 8.39. The van der Waals surface area contributed by atoms with Gasteiger partial charge in [-0.15, -0.1) is 24.0 Å². The van der Waals surface area contributed by atoms with Crippen LogP contribution in [0.15, 0.2) is 4.99 Å². The standard InChI is InChI=1S/C15H29F3N4O2S.HI/c1-5-19-13(20-7-6-8-21(4)12-15(16,17)18)22-9-10-25(23,24)14(2,3)11-22;/h5-12H2,1-4H3,(H,19,20);1H. The van der Waals surface area contributed by atoms with E-state index in [-0.39, 0.29) is 29.7 Å². The zero-order chi connectivity index (χ0) is 19.3. The molecule has 1 fully saturated rings. The van der Waals surface area contributed by atoms with E-state index in [0.29, 0.717) is 45.1 Å². The number of rotatable bonds is 6. The molecular formula is C15H30F3IN4O2S. The predicted molar refractivity (Wildman–Crippen MR) is 109 cm³/mol. The molecule has 11 heteroatoms. The Kier molecular flexibility index (Phi) is 10.2. The number of halogens is 4. The van der Waals surface area contributed by atoms with Gasteiger partial charge in [-0.05, 0) is 40.8 Å². The Morgan fingerprint density at radius 3 is 2.46 bits per heavy atom. The van der Waals surface area contributed by atoms with Crippen molar-refractivity contribution in [2.24, 2.45) is 4.99 Å². The maximum Gasteiger partial charge on any atom is 0.401 e. The van der Waals surface area contributed by atoms with E-state index < -0.39 is 27.3 Å². The van der Waals surface area contributed by atoms with Gasteiger partial charge in [-0.25, -0.2) is 8.42 Å². The molecule has 0 amide bonds. The smallest absolute Gasteiger partial charge is 0.357 e. The molecule has 1 aliphatic heterocycles. The van der Waals surface area contributed by atoms with Crippen LogP contribution in [0.25, 0.3) is 0 Å². The average molecular weight is 514 g/mol. The Hall–Kier alpha value is -0.300. The van der Waals surface area contributed by atoms with Gasteiger partial charge in [0.1, 0.15) is 0 Å². The lowest BCUT2D eigenvalue weighted by Crippen LogP contribution is -2.57. The van der Waals surface area contributed by atoms with Crippen molar-refractivity contribution in [1.29, 1.82) is 0 Å². The summed E-state index contributed by atoms with van der Waals surface area (Å²) < 4.78 is 60.2. The first-order chi connectivity index (χ1) is 11.4. The summed E-state index contributed by atoms with van der Waals surface area (Å²) in [5, 5.41) is 3.13. The van der Waals surface area contributed by atoms with Crippen LogP contribution in [0, 0.1) is 0 Å². The number of guanidine groups is 1. The van der Waals surface area contributed by atoms with Crippen LogP contribution < -0.4 is 5.32 Å². The van der Waals surface area contributed by atoms with Crippen LogP contribution in [-0.2, 0) is 9.84 Å². The third-order valence-electron chi connectivity index (χ3n) is 4.09. The fourth-order valence-corrected chi connectivity index (χ4v) is 4.03. The molecule has 0 aromatic heterocycles. The number of sulfone groups is 1. The van der Waals surface area contributed by atoms with Gasteiger partial charge in [-0.1, -0.05) is 0 Å². The topological polar surface area (TPSA) is 65.0 Å². The normalized spacial score (nSPS) is 20.0. The molecule has 1 N–H and O–H groups in total. The Morgan fingerprint density at radius 1 is 1.35 bits per heavy atom. The molecule has 0 radical (unpaired) electrons. The molecule has 0 spiro atoms. The number of alkyl halides is 3. The molecular weight excluding hydrogens is 484 g/mol. The highest BCUT2D eigenvalue weighted by molar-refractivity contribution is 14.0. The van der Waals surface area contributed by atoms with E-state index in [1.165, 1.54) is 11.9 Å². The third-order valence-corrected chi connectivity index (χ3v) is 6.62. The Balaban J connectivity index is 0.00000625. The number of nitrogens with zero attached hydrogens (tertiary/aromatic N) is 3. The van der Waals surface area contributed by atoms with Gasteiger partial charge in [0.25, 0.3) is 0 Å². The van der Waals surface area contributed by atoms with E-state index in [0.717, 1.165) is 0 Å². The lowest BCUT2D eigenvalue weighted by atomic mass is 10.2. The molecule has 0 atom stereocenters. The van der Waals surface area contributed by atoms with E-state index in [4.69, 9.17) is 0 Å². The second-order valence-corrected chi connectivity index (χ2v) is 9.69. The van der Waals surface area contributed by atoms with Gasteiger partial charge in [0.05, 0.1) is 17.0 Å². The number of nitrogens with one attached hydrogen (secondary N) is 1. The minimum Gasteiger partial charge on any atom is -0.357 e. The van der Waals surface area contributed by atoms with Crippen molar-refractivity contribution in [2.75, 3.05) is 52.1 Å². The van der Waals surface area contributed by atoms with E-state index >= 15 is 0 Å². The second-order valence-electron chi connectivity index (χ2n) is 6.94. The molecule has 1 aliphatic rings. The first kappa shape index (κ1) is 25.7. The number of aliphatic imine (C=N–C) groups is 1. The van der Waals surface area contributed by atoms with Crippen LogP contribution in [0.2, 0.25) is 0 Å². The molecule has 0 saturated carbocycles. The zero-order valence-electron chi connectivity index (χ0n) is 15.8. The second kappa shape index (κ2) is 10.3. The maximum absolute atomic E-state index is 12.3. The van der Waals surface area contributed by atoms with Gasteiger partial charge in [-0.3, -0.25) is 9.89 Å². The molecule has 6 nitrogen and oxygen atoms in total. The minimum absolute atomic E-state index is 0. The zero-order valence-corrected chi connectivity index (χ0v) is 18.9. The highest BCUT2D eigenvalue weighted by Crippen LogP contribution is 2.23. The molecule has 0 bridgehead atoms. The molecule has 0 aromatic carbocycles. The van der Waals surface area contributed by atoms with Crippen molar-refractivity contribution < 1.29 is 21.6 Å². The van der Waals surface area contributed by atoms with Crippen molar-refractivity contribution in [1.82, 2.24) is 15.1 Å². The van der Waals surface area contributed by atoms with E-state index in [2.05, 4.69) is 10.3 Å².